The molecule has 0 aromatic carbocycles. The van der Waals surface area contributed by atoms with Gasteiger partial charge in [-0.15, -0.1) is 0 Å². The van der Waals surface area contributed by atoms with Crippen molar-refractivity contribution >= 4 is 57.0 Å². The van der Waals surface area contributed by atoms with Crippen LogP contribution in [0.3, 0.4) is 0 Å². The molecule has 0 aliphatic carbocycles. The minimum atomic E-state index is -1.08. The number of nitrogens with zero attached hydrogens (tertiary/aromatic N) is 11. The Labute approximate surface area is 368 Å². The number of imidazole rings is 2. The number of aromatic nitrogens is 8. The lowest BCUT2D eigenvalue weighted by Gasteiger charge is -2.29. The van der Waals surface area contributed by atoms with Gasteiger partial charge in [-0.25, -0.2) is 24.7 Å². The molecule has 7 aliphatic heterocycles. The molecule has 3 N–H and O–H groups in total. The fourth-order valence-corrected chi connectivity index (χ4v) is 11.5. The first-order chi connectivity index (χ1) is 30.7. The van der Waals surface area contributed by atoms with E-state index in [1.807, 2.05) is 20.2 Å². The van der Waals surface area contributed by atoms with E-state index in [0.717, 1.165) is 65.9 Å². The highest BCUT2D eigenvalue weighted by atomic mass is 32.2. The summed E-state index contributed by atoms with van der Waals surface area (Å²) in [5.74, 6) is 4.15. The molecule has 11 rings (SSSR count). The average molecular weight is 906 g/mol. The maximum Gasteiger partial charge on any atom is 0.356 e. The van der Waals surface area contributed by atoms with Crippen molar-refractivity contribution in [3.63, 3.8) is 0 Å². The van der Waals surface area contributed by atoms with Crippen LogP contribution in [0, 0.1) is 0 Å². The van der Waals surface area contributed by atoms with Crippen molar-refractivity contribution in [1.82, 2.24) is 43.9 Å². The summed E-state index contributed by atoms with van der Waals surface area (Å²) in [5, 5.41) is 16.2. The van der Waals surface area contributed by atoms with Gasteiger partial charge in [-0.05, 0) is 25.7 Å². The largest absolute Gasteiger partial charge is 0.476 e. The van der Waals surface area contributed by atoms with E-state index in [-0.39, 0.29) is 23.7 Å². The molecule has 2 unspecified atom stereocenters. The maximum atomic E-state index is 12.9. The molecule has 0 saturated carbocycles. The number of carboxylic acids is 1. The molecular weight excluding hydrogens is 855 g/mol. The van der Waals surface area contributed by atoms with Crippen molar-refractivity contribution < 1.29 is 37.3 Å². The Bertz CT molecular complexity index is 2430. The van der Waals surface area contributed by atoms with Crippen LogP contribution in [0.1, 0.15) is 69.7 Å². The Hall–Kier alpha value is -5.10. The molecule has 23 heteroatoms. The van der Waals surface area contributed by atoms with Crippen molar-refractivity contribution in [3.05, 3.63) is 46.8 Å². The zero-order valence-corrected chi connectivity index (χ0v) is 36.5. The van der Waals surface area contributed by atoms with E-state index in [4.69, 9.17) is 34.1 Å². The third-order valence-electron chi connectivity index (χ3n) is 12.4. The van der Waals surface area contributed by atoms with Crippen LogP contribution in [-0.2, 0) is 74.8 Å². The van der Waals surface area contributed by atoms with Crippen LogP contribution >= 0.6 is 0 Å². The summed E-state index contributed by atoms with van der Waals surface area (Å²) in [7, 11) is -2.16. The molecule has 21 nitrogen and oxygen atoms in total. The monoisotopic (exact) mass is 905 g/mol. The summed E-state index contributed by atoms with van der Waals surface area (Å²) in [4.78, 5) is 59.4. The number of nitrogens with one attached hydrogen (secondary N) is 2. The Balaban J connectivity index is 0.000000152. The van der Waals surface area contributed by atoms with Gasteiger partial charge in [-0.3, -0.25) is 13.2 Å². The number of carboxylic acid groups (broad SMARTS) is 1. The smallest absolute Gasteiger partial charge is 0.356 e. The highest BCUT2D eigenvalue weighted by molar-refractivity contribution is 7.85. The second kappa shape index (κ2) is 18.2. The van der Waals surface area contributed by atoms with E-state index >= 15 is 0 Å². The van der Waals surface area contributed by atoms with Crippen molar-refractivity contribution in [3.8, 4) is 0 Å². The van der Waals surface area contributed by atoms with Gasteiger partial charge in [-0.2, -0.15) is 9.97 Å². The zero-order chi connectivity index (χ0) is 43.0. The van der Waals surface area contributed by atoms with E-state index in [2.05, 4.69) is 25.5 Å². The Kier molecular flexibility index (Phi) is 12.1. The molecule has 336 valence electrons. The first-order valence-electron chi connectivity index (χ1n) is 21.7. The van der Waals surface area contributed by atoms with Crippen LogP contribution in [0.4, 0.5) is 23.5 Å². The highest BCUT2D eigenvalue weighted by Gasteiger charge is 2.33. The molecule has 4 aromatic rings. The number of morpholine rings is 1. The summed E-state index contributed by atoms with van der Waals surface area (Å²) in [6, 6.07) is 0.499. The summed E-state index contributed by atoms with van der Waals surface area (Å²) in [6.07, 6.45) is 8.38. The highest BCUT2D eigenvalue weighted by Crippen LogP contribution is 2.34. The van der Waals surface area contributed by atoms with Gasteiger partial charge in [0.2, 0.25) is 11.9 Å². The molecule has 0 radical (unpaired) electrons. The predicted molar refractivity (Wildman–Crippen MR) is 229 cm³/mol. The number of aryl methyl sites for hydroxylation is 2. The lowest BCUT2D eigenvalue weighted by Crippen LogP contribution is -2.40. The number of fused-ring (bicyclic) bond motifs is 4. The molecular formula is C40H51N13O8S2. The number of carbonyl (C=O) groups excluding carboxylic acids is 1. The minimum Gasteiger partial charge on any atom is -0.476 e. The quantitative estimate of drug-likeness (QED) is 0.224. The summed E-state index contributed by atoms with van der Waals surface area (Å²) >= 11 is 0. The normalized spacial score (nSPS) is 22.4. The van der Waals surface area contributed by atoms with Gasteiger partial charge in [0.05, 0.1) is 59.3 Å². The van der Waals surface area contributed by atoms with Crippen molar-refractivity contribution in [2.45, 2.75) is 86.6 Å². The van der Waals surface area contributed by atoms with Crippen LogP contribution in [-0.4, -0.2) is 159 Å². The number of ether oxygens (including phenoxy) is 3. The third kappa shape index (κ3) is 8.89. The fraction of sp³-hybridized carbons (Fsp3) is 0.600. The first kappa shape index (κ1) is 41.9. The number of hydrogen-bond donors (Lipinski definition) is 3. The van der Waals surface area contributed by atoms with E-state index in [0.29, 0.717) is 138 Å². The van der Waals surface area contributed by atoms with Gasteiger partial charge >= 0.3 is 5.97 Å². The van der Waals surface area contributed by atoms with Crippen molar-refractivity contribution in [1.29, 1.82) is 0 Å². The molecule has 3 saturated heterocycles. The Morgan fingerprint density at radius 1 is 0.603 bits per heavy atom. The first-order valence-corrected chi connectivity index (χ1v) is 24.4. The van der Waals surface area contributed by atoms with Gasteiger partial charge in [-0.1, -0.05) is 0 Å². The summed E-state index contributed by atoms with van der Waals surface area (Å²) < 4.78 is 45.4. The standard InChI is InChI=1S/C22H29N7O4S.C18H22N6O4S/c30-21(27-6-10-33-11-7-27)17-13-28-4-5-29(14-18(28)24-17)22-25-16-3-12-34(31)19(16)20(26-22)23-15-1-8-32-9-2-15;25-17(26)13-9-23-4-5-24(10-14(23)20-13)18-21-12-3-8-29(27)15(12)16(22-18)19-11-1-6-28-7-2-11/h13,15H,1-12,14H2,(H,23,25,26);9,11H,1-8,10H2,(H,25,26)(H,19,21,22). The summed E-state index contributed by atoms with van der Waals surface area (Å²) in [6.45, 7) is 8.84. The van der Waals surface area contributed by atoms with Crippen LogP contribution in [0.5, 0.6) is 0 Å². The molecule has 4 aromatic heterocycles. The summed E-state index contributed by atoms with van der Waals surface area (Å²) in [5.41, 5.74) is 2.23. The molecule has 7 aliphatic rings. The van der Waals surface area contributed by atoms with E-state index in [1.54, 1.807) is 11.1 Å². The molecule has 0 spiro atoms. The number of carbonyl (C=O) groups is 2. The maximum absolute atomic E-state index is 12.9. The number of amides is 1. The molecule has 1 amide bonds. The van der Waals surface area contributed by atoms with Crippen LogP contribution in [0.15, 0.2) is 22.2 Å². The molecule has 3 fully saturated rings. The zero-order valence-electron chi connectivity index (χ0n) is 34.9. The van der Waals surface area contributed by atoms with Crippen LogP contribution < -0.4 is 20.4 Å². The van der Waals surface area contributed by atoms with Gasteiger partial charge in [0.25, 0.3) is 5.91 Å². The van der Waals surface area contributed by atoms with Crippen molar-refractivity contribution in [2.24, 2.45) is 0 Å². The van der Waals surface area contributed by atoms with Crippen LogP contribution in [0.2, 0.25) is 0 Å². The van der Waals surface area contributed by atoms with Crippen LogP contribution in [0.25, 0.3) is 0 Å². The number of hydrogen-bond acceptors (Lipinski definition) is 17. The molecule has 2 atom stereocenters. The average Bonchev–Trinajstić information content (AvgIpc) is 4.12. The predicted octanol–water partition coefficient (Wildman–Crippen LogP) is 1.07. The lowest BCUT2D eigenvalue weighted by atomic mass is 10.1. The van der Waals surface area contributed by atoms with Crippen molar-refractivity contribution in [2.75, 3.05) is 97.8 Å². The second-order valence-corrected chi connectivity index (χ2v) is 19.5. The fourth-order valence-electron chi connectivity index (χ4n) is 8.90. The number of rotatable bonds is 8. The van der Waals surface area contributed by atoms with Gasteiger partial charge in [0, 0.05) is 115 Å². The number of anilines is 4. The van der Waals surface area contributed by atoms with Gasteiger partial charge < -0.3 is 53.8 Å². The molecule has 11 heterocycles. The Morgan fingerprint density at radius 2 is 1.06 bits per heavy atom. The Morgan fingerprint density at radius 3 is 1.56 bits per heavy atom. The molecule has 0 bridgehead atoms. The topological polar surface area (TPSA) is 237 Å². The molecule has 63 heavy (non-hydrogen) atoms. The number of aromatic carboxylic acids is 1. The SMILES string of the molecule is O=C(O)c1cn2c(n1)CN(c1nc3c(c(NC4CCOCC4)n1)S(=O)CC3)CC2.O=C(c1cn2c(n1)CN(c1nc3c(c(NC4CCOCC4)n1)S(=O)CC3)CC2)N1CCOCC1. The van der Waals surface area contributed by atoms with Gasteiger partial charge in [0.15, 0.2) is 5.69 Å². The van der Waals surface area contributed by atoms with Gasteiger partial charge in [0.1, 0.15) is 38.8 Å². The lowest BCUT2D eigenvalue weighted by molar-refractivity contribution is 0.0299. The second-order valence-electron chi connectivity index (χ2n) is 16.5. The van der Waals surface area contributed by atoms with E-state index < -0.39 is 27.6 Å². The van der Waals surface area contributed by atoms with E-state index in [1.165, 1.54) is 0 Å². The minimum absolute atomic E-state index is 0.0454. The third-order valence-corrected chi connectivity index (χ3v) is 15.3. The van der Waals surface area contributed by atoms with E-state index in [9.17, 15) is 23.1 Å².